The van der Waals surface area contributed by atoms with Crippen LogP contribution >= 0.6 is 0 Å². The van der Waals surface area contributed by atoms with E-state index in [9.17, 15) is 9.90 Å². The molecule has 1 atom stereocenters. The van der Waals surface area contributed by atoms with Gasteiger partial charge >= 0.3 is 5.97 Å². The molecule has 1 N–H and O–H groups in total. The molecule has 0 fully saturated rings. The minimum Gasteiger partial charge on any atom is -0.505 e. The summed E-state index contributed by atoms with van der Waals surface area (Å²) in [6.07, 6.45) is 1.32. The number of hydrogen-bond acceptors (Lipinski definition) is 5. The molecule has 0 bridgehead atoms. The van der Waals surface area contributed by atoms with E-state index in [1.807, 2.05) is 64.1 Å². The van der Waals surface area contributed by atoms with Gasteiger partial charge in [0.05, 0.1) is 0 Å². The van der Waals surface area contributed by atoms with E-state index < -0.39 is 5.97 Å². The molecule has 0 spiro atoms. The highest BCUT2D eigenvalue weighted by atomic mass is 16.5. The second-order valence-corrected chi connectivity index (χ2v) is 7.90. The maximum Gasteiger partial charge on any atom is 0.330 e. The van der Waals surface area contributed by atoms with E-state index in [2.05, 4.69) is 16.8 Å². The first-order valence-electron chi connectivity index (χ1n) is 9.21. The number of fused-ring (bicyclic) bond motifs is 1. The highest BCUT2D eigenvalue weighted by Crippen LogP contribution is 2.36. The molecule has 6 nitrogen and oxygen atoms in total. The van der Waals surface area contributed by atoms with Gasteiger partial charge < -0.3 is 9.84 Å². The molecule has 0 saturated carbocycles. The van der Waals surface area contributed by atoms with Crippen molar-refractivity contribution in [2.24, 2.45) is 0 Å². The lowest BCUT2D eigenvalue weighted by atomic mass is 9.84. The van der Waals surface area contributed by atoms with E-state index in [4.69, 9.17) is 4.74 Å². The van der Waals surface area contributed by atoms with E-state index in [-0.39, 0.29) is 17.3 Å². The minimum atomic E-state index is -0.456. The number of rotatable bonds is 5. The van der Waals surface area contributed by atoms with Crippen LogP contribution in [-0.2, 0) is 21.4 Å². The highest BCUT2D eigenvalue weighted by molar-refractivity contribution is 5.81. The number of hydrogen-bond donors (Lipinski definition) is 1. The minimum absolute atomic E-state index is 0.146. The summed E-state index contributed by atoms with van der Waals surface area (Å²) in [5, 5.41) is 19.9. The van der Waals surface area contributed by atoms with Gasteiger partial charge in [0.25, 0.3) is 0 Å². The number of carbonyl (C=O) groups excluding carboxylic acids is 1. The predicted octanol–water partition coefficient (Wildman–Crippen LogP) is 4.08. The second kappa shape index (κ2) is 7.46. The molecule has 0 aliphatic rings. The van der Waals surface area contributed by atoms with Crippen molar-refractivity contribution < 1.29 is 14.6 Å². The highest BCUT2D eigenvalue weighted by Gasteiger charge is 2.24. The number of ether oxygens (including phenoxy) is 1. The third-order valence-corrected chi connectivity index (χ3v) is 4.47. The summed E-state index contributed by atoms with van der Waals surface area (Å²) in [4.78, 5) is 12.9. The van der Waals surface area contributed by atoms with Gasteiger partial charge in [-0.3, -0.25) is 0 Å². The fourth-order valence-electron chi connectivity index (χ4n) is 3.11. The summed E-state index contributed by atoms with van der Waals surface area (Å²) in [7, 11) is 0. The Morgan fingerprint density at radius 1 is 1.25 bits per heavy atom. The Bertz CT molecular complexity index is 998. The number of aromatic nitrogens is 3. The molecule has 1 heterocycles. The average Bonchev–Trinajstić information content (AvgIpc) is 3.05. The zero-order valence-corrected chi connectivity index (χ0v) is 16.6. The van der Waals surface area contributed by atoms with Gasteiger partial charge in [-0.05, 0) is 36.1 Å². The van der Waals surface area contributed by atoms with Gasteiger partial charge in [-0.1, -0.05) is 45.5 Å². The van der Waals surface area contributed by atoms with Crippen LogP contribution in [0, 0.1) is 0 Å². The predicted molar refractivity (Wildman–Crippen MR) is 109 cm³/mol. The fourth-order valence-corrected chi connectivity index (χ4v) is 3.11. The molecule has 3 aromatic rings. The number of phenols is 1. The standard InChI is InChI=1S/C22H25N3O3/c1-6-20(26)28-14(2)11-15-12-16(22(3,4)5)21(27)19(13-15)25-23-17-9-7-8-10-18(17)24-25/h6-10,12-14,27H,1,11H2,2-5H3. The Labute approximate surface area is 164 Å². The Morgan fingerprint density at radius 2 is 1.86 bits per heavy atom. The Kier molecular flexibility index (Phi) is 5.23. The van der Waals surface area contributed by atoms with Crippen LogP contribution in [0.4, 0.5) is 0 Å². The van der Waals surface area contributed by atoms with Crippen LogP contribution in [-0.4, -0.2) is 32.2 Å². The molecule has 2 aromatic carbocycles. The number of benzene rings is 2. The zero-order chi connectivity index (χ0) is 20.5. The molecule has 1 aromatic heterocycles. The quantitative estimate of drug-likeness (QED) is 0.534. The first kappa shape index (κ1) is 19.6. The van der Waals surface area contributed by atoms with Crippen LogP contribution in [0.5, 0.6) is 5.75 Å². The topological polar surface area (TPSA) is 77.2 Å². The number of esters is 1. The molecule has 0 aliphatic carbocycles. The molecule has 0 radical (unpaired) electrons. The summed E-state index contributed by atoms with van der Waals surface area (Å²) in [6, 6.07) is 11.3. The summed E-state index contributed by atoms with van der Waals surface area (Å²) in [6.45, 7) is 11.3. The molecule has 3 rings (SSSR count). The average molecular weight is 379 g/mol. The van der Waals surface area contributed by atoms with Gasteiger partial charge in [0.15, 0.2) is 0 Å². The van der Waals surface area contributed by atoms with Gasteiger partial charge in [0, 0.05) is 18.1 Å². The van der Waals surface area contributed by atoms with Gasteiger partial charge in [0.1, 0.15) is 28.6 Å². The largest absolute Gasteiger partial charge is 0.505 e. The fraction of sp³-hybridized carbons (Fsp3) is 0.318. The van der Waals surface area contributed by atoms with Crippen molar-refractivity contribution in [2.75, 3.05) is 0 Å². The van der Waals surface area contributed by atoms with E-state index in [1.165, 1.54) is 4.80 Å². The van der Waals surface area contributed by atoms with Crippen molar-refractivity contribution in [3.05, 3.63) is 60.2 Å². The van der Waals surface area contributed by atoms with Crippen LogP contribution in [0.25, 0.3) is 16.7 Å². The molecule has 0 saturated heterocycles. The van der Waals surface area contributed by atoms with Crippen LogP contribution in [0.1, 0.15) is 38.8 Å². The maximum absolute atomic E-state index is 11.5. The summed E-state index contributed by atoms with van der Waals surface area (Å²) in [5.41, 5.74) is 3.41. The molecule has 1 unspecified atom stereocenters. The van der Waals surface area contributed by atoms with E-state index >= 15 is 0 Å². The van der Waals surface area contributed by atoms with E-state index in [1.54, 1.807) is 0 Å². The maximum atomic E-state index is 11.5. The van der Waals surface area contributed by atoms with E-state index in [0.717, 1.165) is 28.2 Å². The Hall–Kier alpha value is -3.15. The monoisotopic (exact) mass is 379 g/mol. The number of carbonyl (C=O) groups is 1. The first-order chi connectivity index (χ1) is 13.2. The molecule has 146 valence electrons. The van der Waals surface area contributed by atoms with Crippen LogP contribution in [0.2, 0.25) is 0 Å². The first-order valence-corrected chi connectivity index (χ1v) is 9.21. The normalized spacial score (nSPS) is 12.7. The van der Waals surface area contributed by atoms with Gasteiger partial charge in [0.2, 0.25) is 0 Å². The Balaban J connectivity index is 2.08. The van der Waals surface area contributed by atoms with Gasteiger partial charge in [-0.2, -0.15) is 0 Å². The number of phenolic OH excluding ortho intramolecular Hbond substituents is 1. The van der Waals surface area contributed by atoms with Crippen molar-refractivity contribution in [1.29, 1.82) is 0 Å². The number of aromatic hydroxyl groups is 1. The third kappa shape index (κ3) is 4.06. The van der Waals surface area contributed by atoms with Gasteiger partial charge in [-0.25, -0.2) is 4.79 Å². The van der Waals surface area contributed by atoms with Crippen LogP contribution < -0.4 is 0 Å². The third-order valence-electron chi connectivity index (χ3n) is 4.47. The molecule has 0 aliphatic heterocycles. The smallest absolute Gasteiger partial charge is 0.330 e. The summed E-state index contributed by atoms with van der Waals surface area (Å²) in [5.74, 6) is -0.310. The van der Waals surface area contributed by atoms with Gasteiger partial charge in [-0.15, -0.1) is 15.0 Å². The molecule has 6 heteroatoms. The van der Waals surface area contributed by atoms with E-state index in [0.29, 0.717) is 12.1 Å². The van der Waals surface area contributed by atoms with Crippen LogP contribution in [0.15, 0.2) is 49.1 Å². The molecule has 28 heavy (non-hydrogen) atoms. The van der Waals surface area contributed by atoms with Crippen molar-refractivity contribution in [2.45, 2.75) is 45.6 Å². The second-order valence-electron chi connectivity index (χ2n) is 7.90. The van der Waals surface area contributed by atoms with Crippen LogP contribution in [0.3, 0.4) is 0 Å². The molecular weight excluding hydrogens is 354 g/mol. The Morgan fingerprint density at radius 3 is 2.39 bits per heavy atom. The molecular formula is C22H25N3O3. The number of nitrogens with zero attached hydrogens (tertiary/aromatic N) is 3. The van der Waals surface area contributed by atoms with Crippen molar-refractivity contribution in [3.63, 3.8) is 0 Å². The zero-order valence-electron chi connectivity index (χ0n) is 16.6. The summed E-state index contributed by atoms with van der Waals surface area (Å²) < 4.78 is 5.30. The summed E-state index contributed by atoms with van der Waals surface area (Å²) >= 11 is 0. The lowest BCUT2D eigenvalue weighted by Gasteiger charge is -2.23. The SMILES string of the molecule is C=CC(=O)OC(C)Cc1cc(-n2nc3ccccc3n2)c(O)c(C(C)(C)C)c1. The lowest BCUT2D eigenvalue weighted by Crippen LogP contribution is -2.18. The molecule has 0 amide bonds. The lowest BCUT2D eigenvalue weighted by molar-refractivity contribution is -0.142. The van der Waals surface area contributed by atoms with Crippen molar-refractivity contribution in [1.82, 2.24) is 15.0 Å². The van der Waals surface area contributed by atoms with Crippen molar-refractivity contribution in [3.8, 4) is 11.4 Å². The van der Waals surface area contributed by atoms with Crippen molar-refractivity contribution >= 4 is 17.0 Å².